The van der Waals surface area contributed by atoms with Gasteiger partial charge in [0, 0.05) is 31.1 Å². The molecule has 180 valence electrons. The van der Waals surface area contributed by atoms with E-state index in [1.165, 1.54) is 14.2 Å². The van der Waals surface area contributed by atoms with Gasteiger partial charge in [0.15, 0.2) is 5.69 Å². The van der Waals surface area contributed by atoms with E-state index in [2.05, 4.69) is 10.4 Å². The summed E-state index contributed by atoms with van der Waals surface area (Å²) in [6.45, 7) is 0. The fourth-order valence-electron chi connectivity index (χ4n) is 4.58. The summed E-state index contributed by atoms with van der Waals surface area (Å²) >= 11 is 0. The molecule has 7 nitrogen and oxygen atoms in total. The number of amides is 1. The van der Waals surface area contributed by atoms with Crippen molar-refractivity contribution in [3.05, 3.63) is 41.2 Å². The topological polar surface area (TPSA) is 85.6 Å². The van der Waals surface area contributed by atoms with Gasteiger partial charge in [-0.15, -0.1) is 0 Å². The first kappa shape index (κ1) is 23.4. The van der Waals surface area contributed by atoms with Crippen LogP contribution in [0.5, 0.6) is 5.75 Å². The molecule has 1 amide bonds. The summed E-state index contributed by atoms with van der Waals surface area (Å²) in [4.78, 5) is 13.2. The number of methoxy groups -OCH3 is 1. The van der Waals surface area contributed by atoms with Gasteiger partial charge in [-0.25, -0.2) is 0 Å². The van der Waals surface area contributed by atoms with E-state index in [1.807, 2.05) is 0 Å². The first-order chi connectivity index (χ1) is 15.3. The summed E-state index contributed by atoms with van der Waals surface area (Å²) in [7, 11) is 2.48. The Balaban J connectivity index is 1.71. The molecule has 2 bridgehead atoms. The second-order valence-electron chi connectivity index (χ2n) is 8.00. The zero-order valence-electron chi connectivity index (χ0n) is 17.2. The van der Waals surface area contributed by atoms with Crippen LogP contribution in [0.25, 0.3) is 0 Å². The van der Waals surface area contributed by atoms with E-state index in [0.29, 0.717) is 6.07 Å². The van der Waals surface area contributed by atoms with Gasteiger partial charge in [0.2, 0.25) is 5.91 Å². The maximum absolute atomic E-state index is 13.6. The molecule has 2 aliphatic heterocycles. The summed E-state index contributed by atoms with van der Waals surface area (Å²) in [5.41, 5.74) is -2.87. The number of fused-ring (bicyclic) bond motifs is 2. The Kier molecular flexibility index (Phi) is 5.60. The predicted molar refractivity (Wildman–Crippen MR) is 100 cm³/mol. The number of aromatic nitrogens is 2. The lowest BCUT2D eigenvalue weighted by atomic mass is 9.73. The van der Waals surface area contributed by atoms with Crippen LogP contribution in [0.4, 0.5) is 32.0 Å². The fraction of sp³-hybridized carbons (Fsp3) is 0.500. The van der Waals surface area contributed by atoms with Crippen LogP contribution in [-0.4, -0.2) is 46.2 Å². The Labute approximate surface area is 183 Å². The molecular weight excluding hydrogens is 460 g/mol. The van der Waals surface area contributed by atoms with Crippen molar-refractivity contribution >= 4 is 11.6 Å². The third kappa shape index (κ3) is 4.14. The van der Waals surface area contributed by atoms with Crippen molar-refractivity contribution in [1.29, 1.82) is 0 Å². The highest BCUT2D eigenvalue weighted by molar-refractivity contribution is 5.95. The van der Waals surface area contributed by atoms with E-state index >= 15 is 0 Å². The normalized spacial score (nSPS) is 27.1. The minimum Gasteiger partial charge on any atom is -0.495 e. The van der Waals surface area contributed by atoms with Gasteiger partial charge < -0.3 is 19.9 Å². The number of nitrogens with one attached hydrogen (secondary N) is 1. The van der Waals surface area contributed by atoms with E-state index in [9.17, 15) is 36.2 Å². The van der Waals surface area contributed by atoms with E-state index in [-0.39, 0.29) is 23.4 Å². The smallest absolute Gasteiger partial charge is 0.435 e. The molecule has 2 N–H and O–H groups in total. The van der Waals surface area contributed by atoms with Gasteiger partial charge in [-0.1, -0.05) is 0 Å². The summed E-state index contributed by atoms with van der Waals surface area (Å²) in [6, 6.07) is 2.49. The van der Waals surface area contributed by atoms with E-state index in [0.717, 1.165) is 23.0 Å². The molecule has 4 rings (SSSR count). The molecule has 2 aliphatic rings. The summed E-state index contributed by atoms with van der Waals surface area (Å²) in [5, 5.41) is 16.0. The number of aryl methyl sites for hydroxylation is 1. The van der Waals surface area contributed by atoms with Crippen LogP contribution in [-0.2, 0) is 28.9 Å². The number of aliphatic hydroxyl groups is 1. The van der Waals surface area contributed by atoms with E-state index in [4.69, 9.17) is 9.47 Å². The fourth-order valence-corrected chi connectivity index (χ4v) is 4.58. The number of hydrogen-bond donors (Lipinski definition) is 2. The quantitative estimate of drug-likeness (QED) is 0.658. The third-order valence-corrected chi connectivity index (χ3v) is 5.90. The molecule has 13 heteroatoms. The lowest BCUT2D eigenvalue weighted by molar-refractivity contribution is -0.143. The number of halogens is 6. The number of carbonyl (C=O) groups is 1. The molecule has 2 fully saturated rings. The van der Waals surface area contributed by atoms with Crippen molar-refractivity contribution < 1.29 is 45.7 Å². The van der Waals surface area contributed by atoms with Crippen LogP contribution in [0.3, 0.4) is 0 Å². The number of anilines is 1. The van der Waals surface area contributed by atoms with Crippen molar-refractivity contribution in [1.82, 2.24) is 9.78 Å². The minimum absolute atomic E-state index is 0.000588. The number of ether oxygens (including phenoxy) is 2. The number of nitrogens with zero attached hydrogens (tertiary/aromatic N) is 2. The zero-order valence-corrected chi connectivity index (χ0v) is 17.2. The molecule has 0 spiro atoms. The largest absolute Gasteiger partial charge is 0.495 e. The van der Waals surface area contributed by atoms with Gasteiger partial charge in [0.1, 0.15) is 5.75 Å². The minimum atomic E-state index is -4.82. The molecule has 2 saturated heterocycles. The highest BCUT2D eigenvalue weighted by Gasteiger charge is 2.59. The van der Waals surface area contributed by atoms with Gasteiger partial charge >= 0.3 is 12.4 Å². The van der Waals surface area contributed by atoms with Crippen molar-refractivity contribution in [3.8, 4) is 5.75 Å². The maximum atomic E-state index is 13.6. The summed E-state index contributed by atoms with van der Waals surface area (Å²) in [5.74, 6) is -3.33. The van der Waals surface area contributed by atoms with Crippen LogP contribution < -0.4 is 10.1 Å². The standard InChI is InChI=1S/C20H19F6N3O4/c1-29-7-9(17(28-29)20(24,25)26)14-15(13-6-11(30)16(14)33-13)18(31)27-10-5-8(19(21,22)23)3-4-12(10)32-2/h3-5,7,11,13-16,30H,6H2,1-2H3,(H,27,31)/t11-,13+,14+,15-,16-/m1/s1. The second kappa shape index (κ2) is 7.90. The van der Waals surface area contributed by atoms with Gasteiger partial charge in [0.05, 0.1) is 42.6 Å². The van der Waals surface area contributed by atoms with Crippen LogP contribution >= 0.6 is 0 Å². The number of hydrogen-bond acceptors (Lipinski definition) is 5. The highest BCUT2D eigenvalue weighted by Crippen LogP contribution is 2.51. The molecule has 1 aromatic carbocycles. The van der Waals surface area contributed by atoms with Crippen LogP contribution in [0.1, 0.15) is 29.2 Å². The van der Waals surface area contributed by atoms with Gasteiger partial charge in [0.25, 0.3) is 0 Å². The first-order valence-electron chi connectivity index (χ1n) is 9.81. The SMILES string of the molecule is COc1ccc(C(F)(F)F)cc1NC(=O)[C@H]1[C@H](c2cn(C)nc2C(F)(F)F)[C@@H]2O[C@H]1C[C@H]2O. The Hall–Kier alpha value is -2.80. The second-order valence-corrected chi connectivity index (χ2v) is 8.00. The van der Waals surface area contributed by atoms with Crippen molar-refractivity contribution in [2.45, 2.75) is 43.0 Å². The monoisotopic (exact) mass is 479 g/mol. The zero-order chi connectivity index (χ0) is 24.3. The molecule has 3 heterocycles. The third-order valence-electron chi connectivity index (χ3n) is 5.90. The molecule has 33 heavy (non-hydrogen) atoms. The van der Waals surface area contributed by atoms with Gasteiger partial charge in [-0.3, -0.25) is 9.48 Å². The molecular formula is C20H19F6N3O4. The van der Waals surface area contributed by atoms with Crippen molar-refractivity contribution in [3.63, 3.8) is 0 Å². The molecule has 1 aromatic heterocycles. The molecule has 0 unspecified atom stereocenters. The highest BCUT2D eigenvalue weighted by atomic mass is 19.4. The number of carbonyl (C=O) groups excluding carboxylic acids is 1. The van der Waals surface area contributed by atoms with Crippen molar-refractivity contribution in [2.75, 3.05) is 12.4 Å². The Morgan fingerprint density at radius 2 is 1.94 bits per heavy atom. The Morgan fingerprint density at radius 1 is 1.24 bits per heavy atom. The average molecular weight is 479 g/mol. The van der Waals surface area contributed by atoms with Gasteiger partial charge in [-0.2, -0.15) is 31.4 Å². The van der Waals surface area contributed by atoms with Gasteiger partial charge in [-0.05, 0) is 18.2 Å². The van der Waals surface area contributed by atoms with Crippen LogP contribution in [0.15, 0.2) is 24.4 Å². The number of rotatable bonds is 4. The number of aliphatic hydroxyl groups excluding tert-OH is 1. The van der Waals surface area contributed by atoms with Crippen LogP contribution in [0, 0.1) is 5.92 Å². The summed E-state index contributed by atoms with van der Waals surface area (Å²) < 4.78 is 91.7. The lowest BCUT2D eigenvalue weighted by Gasteiger charge is -2.30. The molecule has 5 atom stereocenters. The molecule has 0 radical (unpaired) electrons. The van der Waals surface area contributed by atoms with Crippen LogP contribution in [0.2, 0.25) is 0 Å². The number of benzene rings is 1. The van der Waals surface area contributed by atoms with E-state index < -0.39 is 59.7 Å². The maximum Gasteiger partial charge on any atom is 0.435 e. The van der Waals surface area contributed by atoms with Crippen molar-refractivity contribution in [2.24, 2.45) is 13.0 Å². The first-order valence-corrected chi connectivity index (χ1v) is 9.81. The molecule has 0 aliphatic carbocycles. The molecule has 0 saturated carbocycles. The Morgan fingerprint density at radius 3 is 2.55 bits per heavy atom. The number of alkyl halides is 6. The summed E-state index contributed by atoms with van der Waals surface area (Å²) in [6.07, 6.45) is -11.5. The molecule has 2 aromatic rings. The lowest BCUT2D eigenvalue weighted by Crippen LogP contribution is -2.41. The average Bonchev–Trinajstić information content (AvgIpc) is 3.38. The van der Waals surface area contributed by atoms with E-state index in [1.54, 1.807) is 0 Å². The Bertz CT molecular complexity index is 1070. The predicted octanol–water partition coefficient (Wildman–Crippen LogP) is 3.34.